The van der Waals surface area contributed by atoms with Crippen molar-refractivity contribution in [1.29, 1.82) is 0 Å². The molecule has 6 N–H and O–H groups in total. The largest absolute Gasteiger partial charge is 0.508 e. The molecule has 0 atom stereocenters. The molecule has 0 spiro atoms. The van der Waals surface area contributed by atoms with Crippen molar-refractivity contribution in [2.75, 3.05) is 59.1 Å². The number of ether oxygens (including phenoxy) is 3. The smallest absolute Gasteiger partial charge is 0.338 e. The van der Waals surface area contributed by atoms with Crippen molar-refractivity contribution in [2.45, 2.75) is 78.9 Å². The van der Waals surface area contributed by atoms with Crippen molar-refractivity contribution < 1.29 is 43.9 Å². The number of benzene rings is 3. The Morgan fingerprint density at radius 3 is 1.07 bits per heavy atom. The van der Waals surface area contributed by atoms with Gasteiger partial charge in [-0.1, -0.05) is 40.0 Å². The molecule has 0 aliphatic rings. The molecule has 3 rings (SSSR count). The van der Waals surface area contributed by atoms with Crippen LogP contribution in [0.2, 0.25) is 0 Å². The second-order valence-corrected chi connectivity index (χ2v) is 13.4. The lowest BCUT2D eigenvalue weighted by molar-refractivity contribution is 0.0490. The molecule has 3 aromatic rings. The van der Waals surface area contributed by atoms with E-state index in [-0.39, 0.29) is 17.2 Å². The highest BCUT2D eigenvalue weighted by Crippen LogP contribution is 2.21. The molecule has 0 bridgehead atoms. The third-order valence-corrected chi connectivity index (χ3v) is 8.90. The predicted octanol–water partition coefficient (Wildman–Crippen LogP) is 5.65. The Kier molecular flexibility index (Phi) is 20.6. The zero-order valence-electron chi connectivity index (χ0n) is 32.7. The van der Waals surface area contributed by atoms with E-state index in [4.69, 9.17) is 14.2 Å². The fraction of sp³-hybridized carbons (Fsp3) is 0.500. The van der Waals surface area contributed by atoms with Crippen molar-refractivity contribution in [2.24, 2.45) is 0 Å². The first-order valence-corrected chi connectivity index (χ1v) is 19.5. The van der Waals surface area contributed by atoms with Crippen LogP contribution in [0.4, 0.5) is 0 Å². The zero-order valence-corrected chi connectivity index (χ0v) is 32.7. The minimum Gasteiger partial charge on any atom is -0.508 e. The number of carbonyl (C=O) groups excluding carboxylic acids is 3. The second kappa shape index (κ2) is 25.4. The van der Waals surface area contributed by atoms with E-state index >= 15 is 0 Å². The van der Waals surface area contributed by atoms with Gasteiger partial charge >= 0.3 is 17.9 Å². The maximum absolute atomic E-state index is 12.4. The molecule has 55 heavy (non-hydrogen) atoms. The minimum absolute atomic E-state index is 0.0888. The summed E-state index contributed by atoms with van der Waals surface area (Å²) in [6.07, 6.45) is 5.13. The van der Waals surface area contributed by atoms with Gasteiger partial charge in [0.25, 0.3) is 0 Å². The van der Waals surface area contributed by atoms with Crippen molar-refractivity contribution in [3.8, 4) is 17.2 Å². The maximum atomic E-state index is 12.4. The van der Waals surface area contributed by atoms with E-state index in [1.807, 2.05) is 20.8 Å². The van der Waals surface area contributed by atoms with E-state index in [9.17, 15) is 29.7 Å². The number of phenolic OH excluding ortho intramolecular Hbond substituents is 3. The summed E-state index contributed by atoms with van der Waals surface area (Å²) >= 11 is 0. The van der Waals surface area contributed by atoms with Gasteiger partial charge in [-0.05, 0) is 73.9 Å². The number of unbranched alkanes of at least 4 members (excludes halogenated alkanes) is 3. The van der Waals surface area contributed by atoms with E-state index in [0.29, 0.717) is 112 Å². The number of phenols is 3. The highest BCUT2D eigenvalue weighted by atomic mass is 16.5. The van der Waals surface area contributed by atoms with Crippen molar-refractivity contribution >= 4 is 17.9 Å². The van der Waals surface area contributed by atoms with Crippen LogP contribution in [0.25, 0.3) is 0 Å². The van der Waals surface area contributed by atoms with Crippen LogP contribution in [-0.2, 0) is 33.8 Å². The molecule has 0 aliphatic heterocycles. The molecule has 13 nitrogen and oxygen atoms in total. The number of hydrogen-bond donors (Lipinski definition) is 6. The number of rotatable bonds is 27. The monoisotopic (exact) mass is 764 g/mol. The lowest BCUT2D eigenvalue weighted by Crippen LogP contribution is -2.40. The highest BCUT2D eigenvalue weighted by Gasteiger charge is 2.14. The minimum atomic E-state index is -0.417. The molecule has 3 aromatic carbocycles. The lowest BCUT2D eigenvalue weighted by Gasteiger charge is -2.23. The molecule has 0 heterocycles. The molecule has 0 fully saturated rings. The lowest BCUT2D eigenvalue weighted by atomic mass is 10.1. The van der Waals surface area contributed by atoms with Gasteiger partial charge in [0.05, 0.1) is 36.5 Å². The van der Waals surface area contributed by atoms with Crippen LogP contribution in [0.15, 0.2) is 54.6 Å². The fourth-order valence-corrected chi connectivity index (χ4v) is 5.46. The first-order chi connectivity index (χ1) is 26.7. The number of nitrogens with zero attached hydrogens (tertiary/aromatic N) is 1. The first kappa shape index (κ1) is 44.7. The number of esters is 3. The summed E-state index contributed by atoms with van der Waals surface area (Å²) in [7, 11) is 0. The Balaban J connectivity index is 1.58. The van der Waals surface area contributed by atoms with Crippen molar-refractivity contribution in [1.82, 2.24) is 20.9 Å². The Morgan fingerprint density at radius 1 is 0.509 bits per heavy atom. The summed E-state index contributed by atoms with van der Waals surface area (Å²) in [5.41, 5.74) is 2.94. The number of aromatic hydroxyl groups is 3. The van der Waals surface area contributed by atoms with Gasteiger partial charge in [-0.15, -0.1) is 0 Å². The Bertz CT molecular complexity index is 1450. The number of carbonyl (C=O) groups is 3. The van der Waals surface area contributed by atoms with Gasteiger partial charge in [0.1, 0.15) is 17.2 Å². The molecule has 0 saturated heterocycles. The summed E-state index contributed by atoms with van der Waals surface area (Å²) in [6, 6.07) is 14.1. The molecule has 0 aromatic heterocycles. The highest BCUT2D eigenvalue weighted by molar-refractivity contribution is 5.91. The Labute approximate surface area is 325 Å². The van der Waals surface area contributed by atoms with Crippen molar-refractivity contribution in [3.05, 3.63) is 88.0 Å². The average molecular weight is 765 g/mol. The maximum Gasteiger partial charge on any atom is 0.338 e. The SMILES string of the molecule is CCCCOC(=O)c1ccc(O)c(CNCCN(CCNCc2cc(C(=O)OCCCC)ccc2O)CCNCc2cc(C(=O)OCCCC)ccc2O)c1. The second-order valence-electron chi connectivity index (χ2n) is 13.4. The first-order valence-electron chi connectivity index (χ1n) is 19.5. The van der Waals surface area contributed by atoms with Crippen LogP contribution in [0.1, 0.15) is 107 Å². The Hall–Kier alpha value is -4.69. The van der Waals surface area contributed by atoms with E-state index in [2.05, 4.69) is 20.9 Å². The summed E-state index contributed by atoms with van der Waals surface area (Å²) < 4.78 is 16.0. The van der Waals surface area contributed by atoms with Gasteiger partial charge in [0, 0.05) is 75.6 Å². The van der Waals surface area contributed by atoms with Gasteiger partial charge in [-0.25, -0.2) is 14.4 Å². The molecular formula is C42H60N4O9. The van der Waals surface area contributed by atoms with Gasteiger partial charge in [0.15, 0.2) is 0 Å². The fourth-order valence-electron chi connectivity index (χ4n) is 5.46. The molecule has 302 valence electrons. The average Bonchev–Trinajstić information content (AvgIpc) is 3.18. The molecule has 0 saturated carbocycles. The van der Waals surface area contributed by atoms with Crippen molar-refractivity contribution in [3.63, 3.8) is 0 Å². The summed E-state index contributed by atoms with van der Waals surface area (Å²) in [4.78, 5) is 39.6. The van der Waals surface area contributed by atoms with E-state index in [0.717, 1.165) is 38.5 Å². The normalized spacial score (nSPS) is 11.1. The summed E-state index contributed by atoms with van der Waals surface area (Å²) in [5.74, 6) is -0.984. The molecule has 0 amide bonds. The summed E-state index contributed by atoms with van der Waals surface area (Å²) in [5, 5.41) is 41.4. The van der Waals surface area contributed by atoms with E-state index < -0.39 is 17.9 Å². The predicted molar refractivity (Wildman–Crippen MR) is 211 cm³/mol. The van der Waals surface area contributed by atoms with Crippen LogP contribution >= 0.6 is 0 Å². The van der Waals surface area contributed by atoms with Gasteiger partial charge in [0.2, 0.25) is 0 Å². The molecule has 0 radical (unpaired) electrons. The molecular weight excluding hydrogens is 704 g/mol. The number of hydrogen-bond acceptors (Lipinski definition) is 13. The Morgan fingerprint density at radius 2 is 0.800 bits per heavy atom. The summed E-state index contributed by atoms with van der Waals surface area (Å²) in [6.45, 7) is 11.9. The van der Waals surface area contributed by atoms with Crippen LogP contribution in [0.5, 0.6) is 17.2 Å². The van der Waals surface area contributed by atoms with E-state index in [1.54, 1.807) is 36.4 Å². The van der Waals surface area contributed by atoms with Crippen LogP contribution in [0, 0.1) is 0 Å². The van der Waals surface area contributed by atoms with Gasteiger partial charge in [-0.3, -0.25) is 4.90 Å². The van der Waals surface area contributed by atoms with Gasteiger partial charge in [-0.2, -0.15) is 0 Å². The quantitative estimate of drug-likeness (QED) is 0.0319. The van der Waals surface area contributed by atoms with Crippen LogP contribution in [-0.4, -0.2) is 97.2 Å². The molecule has 13 heteroatoms. The number of nitrogens with one attached hydrogen (secondary N) is 3. The molecule has 0 aliphatic carbocycles. The van der Waals surface area contributed by atoms with Crippen LogP contribution in [0.3, 0.4) is 0 Å². The van der Waals surface area contributed by atoms with E-state index in [1.165, 1.54) is 18.2 Å². The van der Waals surface area contributed by atoms with Gasteiger partial charge < -0.3 is 45.5 Å². The molecule has 0 unspecified atom stereocenters. The third-order valence-electron chi connectivity index (χ3n) is 8.90. The third kappa shape index (κ3) is 16.3. The standard InChI is InChI=1S/C42H60N4O9/c1-4-7-22-53-40(50)31-10-13-37(47)34(25-31)28-43-16-19-46(20-17-44-29-35-26-32(11-14-38(35)48)41(51)54-23-8-5-2)21-18-45-30-36-27-33(12-15-39(36)49)42(52)55-24-9-6-3/h10-15,25-27,43-45,47-49H,4-9,16-24,28-30H2,1-3H3. The van der Waals surface area contributed by atoms with Crippen LogP contribution < -0.4 is 16.0 Å². The zero-order chi connectivity index (χ0) is 39.8. The topological polar surface area (TPSA) is 179 Å².